The number of carbonyl (C=O) groups excluding carboxylic acids is 1. The van der Waals surface area contributed by atoms with Crippen LogP contribution >= 0.6 is 0 Å². The molecule has 6 nitrogen and oxygen atoms in total. The Morgan fingerprint density at radius 2 is 1.92 bits per heavy atom. The van der Waals surface area contributed by atoms with Crippen molar-refractivity contribution in [3.63, 3.8) is 0 Å². The number of hydrogen-bond donors (Lipinski definition) is 1. The summed E-state index contributed by atoms with van der Waals surface area (Å²) < 4.78 is 46.1. The normalized spacial score (nSPS) is 17.2. The van der Waals surface area contributed by atoms with E-state index in [0.717, 1.165) is 31.0 Å². The van der Waals surface area contributed by atoms with Gasteiger partial charge in [-0.15, -0.1) is 0 Å². The number of aromatic nitrogens is 1. The number of pyridine rings is 1. The number of ether oxygens (including phenoxy) is 3. The molecule has 2 atom stereocenters. The molecule has 4 rings (SSSR count). The number of carbonyl (C=O) groups is 1. The van der Waals surface area contributed by atoms with Gasteiger partial charge in [-0.3, -0.25) is 4.79 Å². The zero-order valence-electron chi connectivity index (χ0n) is 22.1. The molecule has 1 heterocycles. The summed E-state index contributed by atoms with van der Waals surface area (Å²) in [5.41, 5.74) is 2.38. The largest absolute Gasteiger partial charge is 0.489 e. The van der Waals surface area contributed by atoms with Crippen molar-refractivity contribution in [2.75, 3.05) is 14.2 Å². The average molecular weight is 526 g/mol. The maximum absolute atomic E-state index is 15.5. The molecule has 38 heavy (non-hydrogen) atoms. The SMILES string of the molecule is COC(=O)C[C@@H](O)c1cccc(OCc2cc(C3CCCC3(C)C)c(-c3cc(OC)ncc3F)cc2F)c1. The Kier molecular flexibility index (Phi) is 8.31. The Balaban J connectivity index is 1.67. The molecular formula is C30H33F2NO5. The first kappa shape index (κ1) is 27.5. The first-order valence-electron chi connectivity index (χ1n) is 12.6. The molecule has 1 fully saturated rings. The molecule has 0 aliphatic heterocycles. The predicted molar refractivity (Wildman–Crippen MR) is 139 cm³/mol. The minimum atomic E-state index is -1.05. The van der Waals surface area contributed by atoms with Crippen molar-refractivity contribution in [1.29, 1.82) is 0 Å². The van der Waals surface area contributed by atoms with E-state index in [4.69, 9.17) is 9.47 Å². The molecule has 1 aliphatic carbocycles. The fourth-order valence-corrected chi connectivity index (χ4v) is 5.24. The van der Waals surface area contributed by atoms with Gasteiger partial charge in [0.25, 0.3) is 0 Å². The number of benzene rings is 2. The minimum Gasteiger partial charge on any atom is -0.489 e. The van der Waals surface area contributed by atoms with Gasteiger partial charge in [-0.2, -0.15) is 0 Å². The molecule has 0 spiro atoms. The summed E-state index contributed by atoms with van der Waals surface area (Å²) >= 11 is 0. The molecule has 0 amide bonds. The van der Waals surface area contributed by atoms with E-state index in [9.17, 15) is 14.3 Å². The Morgan fingerprint density at radius 1 is 1.13 bits per heavy atom. The molecule has 1 saturated carbocycles. The van der Waals surface area contributed by atoms with Crippen molar-refractivity contribution >= 4 is 5.97 Å². The summed E-state index contributed by atoms with van der Waals surface area (Å²) in [7, 11) is 2.71. The highest BCUT2D eigenvalue weighted by Crippen LogP contribution is 2.51. The lowest BCUT2D eigenvalue weighted by atomic mass is 9.75. The van der Waals surface area contributed by atoms with Gasteiger partial charge in [-0.1, -0.05) is 32.4 Å². The Morgan fingerprint density at radius 3 is 2.61 bits per heavy atom. The van der Waals surface area contributed by atoms with Gasteiger partial charge in [0.15, 0.2) is 0 Å². The minimum absolute atomic E-state index is 0.0393. The van der Waals surface area contributed by atoms with Crippen LogP contribution in [0.1, 0.15) is 68.2 Å². The third-order valence-corrected chi connectivity index (χ3v) is 7.41. The zero-order valence-corrected chi connectivity index (χ0v) is 22.1. The number of methoxy groups -OCH3 is 2. The van der Waals surface area contributed by atoms with Gasteiger partial charge >= 0.3 is 5.97 Å². The Labute approximate surface area is 221 Å². The fraction of sp³-hybridized carbons (Fsp3) is 0.400. The number of nitrogens with zero attached hydrogens (tertiary/aromatic N) is 1. The maximum Gasteiger partial charge on any atom is 0.308 e. The van der Waals surface area contributed by atoms with E-state index in [1.54, 1.807) is 30.3 Å². The van der Waals surface area contributed by atoms with Crippen LogP contribution in [0.4, 0.5) is 8.78 Å². The molecule has 202 valence electrons. The predicted octanol–water partition coefficient (Wildman–Crippen LogP) is 6.50. The Hall–Kier alpha value is -3.52. The summed E-state index contributed by atoms with van der Waals surface area (Å²) in [5, 5.41) is 10.3. The third-order valence-electron chi connectivity index (χ3n) is 7.41. The second-order valence-electron chi connectivity index (χ2n) is 10.3. The topological polar surface area (TPSA) is 77.9 Å². The van der Waals surface area contributed by atoms with Crippen molar-refractivity contribution in [3.05, 3.63) is 77.0 Å². The quantitative estimate of drug-likeness (QED) is 0.321. The van der Waals surface area contributed by atoms with Crippen molar-refractivity contribution in [1.82, 2.24) is 4.98 Å². The van der Waals surface area contributed by atoms with Crippen molar-refractivity contribution < 1.29 is 32.9 Å². The molecule has 3 aromatic rings. The molecule has 0 bridgehead atoms. The van der Waals surface area contributed by atoms with Crippen LogP contribution in [0.15, 0.2) is 48.7 Å². The highest BCUT2D eigenvalue weighted by Gasteiger charge is 2.37. The smallest absolute Gasteiger partial charge is 0.308 e. The van der Waals surface area contributed by atoms with Crippen molar-refractivity contribution in [3.8, 4) is 22.8 Å². The highest BCUT2D eigenvalue weighted by molar-refractivity contribution is 5.71. The summed E-state index contributed by atoms with van der Waals surface area (Å²) in [6.07, 6.45) is 2.81. The molecule has 0 saturated heterocycles. The van der Waals surface area contributed by atoms with E-state index in [2.05, 4.69) is 23.6 Å². The molecule has 1 aromatic heterocycles. The Bertz CT molecular complexity index is 1310. The van der Waals surface area contributed by atoms with Crippen molar-refractivity contribution in [2.45, 2.75) is 58.2 Å². The van der Waals surface area contributed by atoms with Gasteiger partial charge in [-0.05, 0) is 65.1 Å². The van der Waals surface area contributed by atoms with Crippen LogP contribution in [-0.2, 0) is 16.1 Å². The third kappa shape index (κ3) is 5.96. The summed E-state index contributed by atoms with van der Waals surface area (Å²) in [6.45, 7) is 4.30. The maximum atomic E-state index is 15.5. The molecule has 1 unspecified atom stereocenters. The van der Waals surface area contributed by atoms with Crippen LogP contribution in [0.25, 0.3) is 11.1 Å². The zero-order chi connectivity index (χ0) is 27.4. The van der Waals surface area contributed by atoms with Gasteiger partial charge in [0.2, 0.25) is 5.88 Å². The van der Waals surface area contributed by atoms with Gasteiger partial charge in [0.05, 0.1) is 32.9 Å². The van der Waals surface area contributed by atoms with Gasteiger partial charge in [-0.25, -0.2) is 13.8 Å². The first-order valence-corrected chi connectivity index (χ1v) is 12.6. The van der Waals surface area contributed by atoms with E-state index >= 15 is 4.39 Å². The second kappa shape index (κ2) is 11.5. The average Bonchev–Trinajstić information content (AvgIpc) is 3.26. The van der Waals surface area contributed by atoms with E-state index in [-0.39, 0.29) is 35.8 Å². The molecule has 8 heteroatoms. The van der Waals surface area contributed by atoms with Crippen LogP contribution in [-0.4, -0.2) is 30.3 Å². The van der Waals surface area contributed by atoms with E-state index < -0.39 is 23.7 Å². The van der Waals surface area contributed by atoms with E-state index in [1.807, 2.05) is 0 Å². The lowest BCUT2D eigenvalue weighted by molar-refractivity contribution is -0.142. The lowest BCUT2D eigenvalue weighted by Gasteiger charge is -2.30. The number of rotatable bonds is 9. The van der Waals surface area contributed by atoms with Gasteiger partial charge in [0.1, 0.15) is 24.0 Å². The number of esters is 1. The fourth-order valence-electron chi connectivity index (χ4n) is 5.24. The lowest BCUT2D eigenvalue weighted by Crippen LogP contribution is -2.17. The van der Waals surface area contributed by atoms with Crippen LogP contribution in [0.5, 0.6) is 11.6 Å². The molecular weight excluding hydrogens is 492 g/mol. The van der Waals surface area contributed by atoms with Crippen LogP contribution < -0.4 is 9.47 Å². The summed E-state index contributed by atoms with van der Waals surface area (Å²) in [4.78, 5) is 15.4. The summed E-state index contributed by atoms with van der Waals surface area (Å²) in [5.74, 6) is -0.823. The van der Waals surface area contributed by atoms with Crippen LogP contribution in [0.2, 0.25) is 0 Å². The number of hydrogen-bond acceptors (Lipinski definition) is 6. The van der Waals surface area contributed by atoms with Gasteiger partial charge in [0, 0.05) is 17.2 Å². The van der Waals surface area contributed by atoms with Crippen LogP contribution in [0.3, 0.4) is 0 Å². The second-order valence-corrected chi connectivity index (χ2v) is 10.3. The number of aliphatic hydroxyl groups is 1. The monoisotopic (exact) mass is 525 g/mol. The van der Waals surface area contributed by atoms with Gasteiger partial charge < -0.3 is 19.3 Å². The standard InChI is InChI=1S/C30H33F2NO5/c1-30(2)10-6-9-24(30)22-12-19(25(31)13-21(22)23-14-28(36-3)33-16-26(23)32)17-38-20-8-5-7-18(11-20)27(34)15-29(35)37-4/h5,7-8,11-14,16,24,27,34H,6,9-10,15,17H2,1-4H3/t24?,27-/m1/s1. The summed E-state index contributed by atoms with van der Waals surface area (Å²) in [6, 6.07) is 11.3. The number of halogens is 2. The van der Waals surface area contributed by atoms with E-state index in [0.29, 0.717) is 22.4 Å². The van der Waals surface area contributed by atoms with Crippen molar-refractivity contribution in [2.24, 2.45) is 5.41 Å². The molecule has 1 aliphatic rings. The highest BCUT2D eigenvalue weighted by atomic mass is 19.1. The molecule has 1 N–H and O–H groups in total. The van der Waals surface area contributed by atoms with E-state index in [1.165, 1.54) is 26.4 Å². The first-order chi connectivity index (χ1) is 18.1. The molecule has 2 aromatic carbocycles. The molecule has 0 radical (unpaired) electrons. The number of aliphatic hydroxyl groups excluding tert-OH is 1. The van der Waals surface area contributed by atoms with Crippen LogP contribution in [0, 0.1) is 17.0 Å².